The number of rotatable bonds is 5. The van der Waals surface area contributed by atoms with Crippen molar-refractivity contribution in [3.8, 4) is 17.2 Å². The third kappa shape index (κ3) is 6.17. The number of ether oxygens (including phenoxy) is 3. The molecule has 3 aliphatic rings. The molecule has 2 N–H and O–H groups in total. The third-order valence-corrected chi connectivity index (χ3v) is 7.18. The van der Waals surface area contributed by atoms with Crippen molar-refractivity contribution in [2.24, 2.45) is 0 Å². The van der Waals surface area contributed by atoms with Crippen LogP contribution in [0.15, 0.2) is 48.7 Å². The minimum Gasteiger partial charge on any atom is -0.493 e. The standard InChI is InChI=1S/C29H35N5O5/c1-4-11-34-19(2)22(14-31-34)15-33-16-24-27(17-33)39-23-8-5-20(6-9-23)13-30-28(35)18-38-26-12-21(29(36)32-24)7-10-25(26)37-3/h5-10,12,14,24,27H,4,11,13,15-18H2,1-3H3,(H,30,35)(H,32,36)/t24-,27-/m0/s1. The van der Waals surface area contributed by atoms with Gasteiger partial charge in [0.25, 0.3) is 11.8 Å². The number of carbonyl (C=O) groups is 2. The highest BCUT2D eigenvalue weighted by molar-refractivity contribution is 5.95. The lowest BCUT2D eigenvalue weighted by Gasteiger charge is -2.21. The van der Waals surface area contributed by atoms with E-state index in [0.29, 0.717) is 42.4 Å². The number of methoxy groups -OCH3 is 1. The van der Waals surface area contributed by atoms with Gasteiger partial charge >= 0.3 is 0 Å². The Balaban J connectivity index is 1.40. The van der Waals surface area contributed by atoms with E-state index in [0.717, 1.165) is 30.8 Å². The van der Waals surface area contributed by atoms with Crippen LogP contribution in [0.5, 0.6) is 17.2 Å². The summed E-state index contributed by atoms with van der Waals surface area (Å²) in [4.78, 5) is 28.0. The fourth-order valence-corrected chi connectivity index (χ4v) is 5.00. The van der Waals surface area contributed by atoms with Crippen molar-refractivity contribution < 1.29 is 23.8 Å². The zero-order chi connectivity index (χ0) is 27.4. The number of aryl methyl sites for hydroxylation is 1. The minimum atomic E-state index is -0.276. The lowest BCUT2D eigenvalue weighted by atomic mass is 10.1. The van der Waals surface area contributed by atoms with Crippen molar-refractivity contribution >= 4 is 11.8 Å². The van der Waals surface area contributed by atoms with Gasteiger partial charge in [-0.2, -0.15) is 5.10 Å². The molecule has 10 nitrogen and oxygen atoms in total. The van der Waals surface area contributed by atoms with Crippen LogP contribution in [-0.2, 0) is 24.4 Å². The first-order valence-corrected chi connectivity index (χ1v) is 13.3. The Morgan fingerprint density at radius 3 is 2.72 bits per heavy atom. The second-order valence-electron chi connectivity index (χ2n) is 9.98. The van der Waals surface area contributed by atoms with E-state index in [4.69, 9.17) is 14.2 Å². The maximum atomic E-state index is 13.4. The van der Waals surface area contributed by atoms with Crippen molar-refractivity contribution in [1.29, 1.82) is 0 Å². The Kier molecular flexibility index (Phi) is 8.02. The fraction of sp³-hybridized carbons (Fsp3) is 0.414. The van der Waals surface area contributed by atoms with Crippen LogP contribution in [0.2, 0.25) is 0 Å². The molecule has 6 rings (SSSR count). The summed E-state index contributed by atoms with van der Waals surface area (Å²) in [5.41, 5.74) is 3.69. The molecule has 0 radical (unpaired) electrons. The van der Waals surface area contributed by atoms with Crippen molar-refractivity contribution in [2.75, 3.05) is 26.8 Å². The van der Waals surface area contributed by atoms with Crippen molar-refractivity contribution in [1.82, 2.24) is 25.3 Å². The van der Waals surface area contributed by atoms with E-state index < -0.39 is 0 Å². The summed E-state index contributed by atoms with van der Waals surface area (Å²) in [7, 11) is 1.52. The molecule has 3 aliphatic heterocycles. The summed E-state index contributed by atoms with van der Waals surface area (Å²) in [6, 6.07) is 12.3. The van der Waals surface area contributed by atoms with Gasteiger partial charge in [-0.3, -0.25) is 19.2 Å². The first-order valence-electron chi connectivity index (χ1n) is 13.3. The summed E-state index contributed by atoms with van der Waals surface area (Å²) in [5.74, 6) is 0.955. The normalized spacial score (nSPS) is 19.9. The molecule has 4 heterocycles. The maximum absolute atomic E-state index is 13.4. The average Bonchev–Trinajstić information content (AvgIpc) is 3.48. The van der Waals surface area contributed by atoms with Crippen LogP contribution in [0.1, 0.15) is 40.5 Å². The SMILES string of the molecule is CCCn1ncc(CN2C[C@@H]3NC(=O)c4ccc(OC)c(c4)OCC(=O)NCc4ccc(cc4)O[C@H]3C2)c1C. The summed E-state index contributed by atoms with van der Waals surface area (Å²) in [6.45, 7) is 7.31. The van der Waals surface area contributed by atoms with E-state index in [2.05, 4.69) is 34.5 Å². The monoisotopic (exact) mass is 533 g/mol. The number of hydrogen-bond acceptors (Lipinski definition) is 7. The van der Waals surface area contributed by atoms with Gasteiger partial charge in [-0.05, 0) is 49.2 Å². The van der Waals surface area contributed by atoms with Crippen LogP contribution >= 0.6 is 0 Å². The molecule has 1 fully saturated rings. The van der Waals surface area contributed by atoms with E-state index in [-0.39, 0.29) is 30.6 Å². The van der Waals surface area contributed by atoms with Crippen molar-refractivity contribution in [3.05, 3.63) is 71.0 Å². The molecule has 1 saturated heterocycles. The average molecular weight is 534 g/mol. The first kappa shape index (κ1) is 26.6. The summed E-state index contributed by atoms with van der Waals surface area (Å²) in [6.07, 6.45) is 2.71. The van der Waals surface area contributed by atoms with Gasteiger partial charge in [0.2, 0.25) is 0 Å². The Morgan fingerprint density at radius 1 is 1.13 bits per heavy atom. The Bertz CT molecular complexity index is 1320. The molecule has 4 bridgehead atoms. The number of likely N-dealkylation sites (tertiary alicyclic amines) is 1. The number of hydrogen-bond donors (Lipinski definition) is 2. The highest BCUT2D eigenvalue weighted by atomic mass is 16.5. The van der Waals surface area contributed by atoms with Gasteiger partial charge < -0.3 is 24.8 Å². The summed E-state index contributed by atoms with van der Waals surface area (Å²) in [5, 5.41) is 10.6. The molecule has 2 atom stereocenters. The van der Waals surface area contributed by atoms with Gasteiger partial charge in [0.05, 0.1) is 19.3 Å². The third-order valence-electron chi connectivity index (χ3n) is 7.18. The molecule has 10 heteroatoms. The zero-order valence-electron chi connectivity index (χ0n) is 22.6. The second kappa shape index (κ2) is 11.8. The number of nitrogens with one attached hydrogen (secondary N) is 2. The largest absolute Gasteiger partial charge is 0.493 e. The van der Waals surface area contributed by atoms with Gasteiger partial charge in [-0.25, -0.2) is 0 Å². The highest BCUT2D eigenvalue weighted by Crippen LogP contribution is 2.29. The van der Waals surface area contributed by atoms with E-state index in [1.54, 1.807) is 18.2 Å². The van der Waals surface area contributed by atoms with Crippen molar-refractivity contribution in [2.45, 2.75) is 52.0 Å². The van der Waals surface area contributed by atoms with Crippen LogP contribution in [-0.4, -0.2) is 65.4 Å². The lowest BCUT2D eigenvalue weighted by Crippen LogP contribution is -2.45. The Labute approximate surface area is 228 Å². The predicted molar refractivity (Wildman–Crippen MR) is 145 cm³/mol. The quantitative estimate of drug-likeness (QED) is 0.519. The number of fused-ring (bicyclic) bond motifs is 7. The van der Waals surface area contributed by atoms with Crippen LogP contribution in [0.3, 0.4) is 0 Å². The van der Waals surface area contributed by atoms with Crippen LogP contribution in [0.4, 0.5) is 0 Å². The number of nitrogens with zero attached hydrogens (tertiary/aromatic N) is 3. The Morgan fingerprint density at radius 2 is 1.95 bits per heavy atom. The molecular weight excluding hydrogens is 498 g/mol. The van der Waals surface area contributed by atoms with E-state index in [1.807, 2.05) is 35.1 Å². The second-order valence-corrected chi connectivity index (χ2v) is 9.98. The molecule has 2 aromatic carbocycles. The molecule has 1 aromatic heterocycles. The lowest BCUT2D eigenvalue weighted by molar-refractivity contribution is -0.123. The Hall–Kier alpha value is -4.05. The zero-order valence-corrected chi connectivity index (χ0v) is 22.6. The van der Waals surface area contributed by atoms with Crippen LogP contribution in [0.25, 0.3) is 0 Å². The van der Waals surface area contributed by atoms with E-state index in [1.165, 1.54) is 12.7 Å². The smallest absolute Gasteiger partial charge is 0.258 e. The first-order chi connectivity index (χ1) is 18.9. The van der Waals surface area contributed by atoms with Gasteiger partial charge in [-0.1, -0.05) is 19.1 Å². The van der Waals surface area contributed by atoms with Gasteiger partial charge in [0.15, 0.2) is 18.1 Å². The van der Waals surface area contributed by atoms with Crippen LogP contribution in [0, 0.1) is 6.92 Å². The predicted octanol–water partition coefficient (Wildman–Crippen LogP) is 2.68. The van der Waals surface area contributed by atoms with E-state index >= 15 is 0 Å². The molecule has 0 spiro atoms. The number of amides is 2. The van der Waals surface area contributed by atoms with Gasteiger partial charge in [0.1, 0.15) is 11.9 Å². The molecule has 0 saturated carbocycles. The molecular formula is C29H35N5O5. The minimum absolute atomic E-state index is 0.198. The molecule has 2 amide bonds. The van der Waals surface area contributed by atoms with Gasteiger partial charge in [0, 0.05) is 49.5 Å². The molecule has 206 valence electrons. The van der Waals surface area contributed by atoms with Crippen LogP contribution < -0.4 is 24.8 Å². The van der Waals surface area contributed by atoms with Crippen molar-refractivity contribution in [3.63, 3.8) is 0 Å². The van der Waals surface area contributed by atoms with Gasteiger partial charge in [-0.15, -0.1) is 0 Å². The number of carbonyl (C=O) groups excluding carboxylic acids is 2. The maximum Gasteiger partial charge on any atom is 0.258 e. The number of aromatic nitrogens is 2. The van der Waals surface area contributed by atoms with E-state index in [9.17, 15) is 9.59 Å². The molecule has 39 heavy (non-hydrogen) atoms. The molecule has 3 aromatic rings. The molecule has 0 aliphatic carbocycles. The highest BCUT2D eigenvalue weighted by Gasteiger charge is 2.36. The molecule has 0 unspecified atom stereocenters. The number of benzene rings is 2. The fourth-order valence-electron chi connectivity index (χ4n) is 5.00. The summed E-state index contributed by atoms with van der Waals surface area (Å²) >= 11 is 0. The summed E-state index contributed by atoms with van der Waals surface area (Å²) < 4.78 is 19.6. The topological polar surface area (TPSA) is 107 Å².